The molecule has 1 aliphatic heterocycles. The van der Waals surface area contributed by atoms with Crippen molar-refractivity contribution in [3.05, 3.63) is 30.3 Å². The van der Waals surface area contributed by atoms with Gasteiger partial charge < -0.3 is 4.74 Å². The van der Waals surface area contributed by atoms with Crippen molar-refractivity contribution in [1.82, 2.24) is 9.62 Å². The minimum atomic E-state index is -3.43. The van der Waals surface area contributed by atoms with Gasteiger partial charge in [0.2, 0.25) is 10.0 Å². The first-order valence-electron chi connectivity index (χ1n) is 6.50. The van der Waals surface area contributed by atoms with Gasteiger partial charge in [-0.1, -0.05) is 25.1 Å². The standard InChI is InChI=1S/C13H20N2O3S/c1-2-15-8-9-18-12(11-15)10-14-19(16,17)13-6-4-3-5-7-13/h3-7,12,14H,2,8-11H2,1H3. The van der Waals surface area contributed by atoms with E-state index in [0.29, 0.717) is 13.2 Å². The van der Waals surface area contributed by atoms with Gasteiger partial charge in [0.25, 0.3) is 0 Å². The van der Waals surface area contributed by atoms with Crippen LogP contribution in [-0.2, 0) is 14.8 Å². The Bertz CT molecular complexity index is 490. The van der Waals surface area contributed by atoms with Crippen LogP contribution < -0.4 is 4.72 Å². The lowest BCUT2D eigenvalue weighted by Gasteiger charge is -2.32. The minimum Gasteiger partial charge on any atom is -0.374 e. The average Bonchev–Trinajstić information content (AvgIpc) is 2.46. The Morgan fingerprint density at radius 3 is 2.79 bits per heavy atom. The van der Waals surface area contributed by atoms with Crippen molar-refractivity contribution in [1.29, 1.82) is 0 Å². The zero-order valence-electron chi connectivity index (χ0n) is 11.1. The molecule has 1 unspecified atom stereocenters. The lowest BCUT2D eigenvalue weighted by atomic mass is 10.3. The lowest BCUT2D eigenvalue weighted by molar-refractivity contribution is -0.0229. The summed E-state index contributed by atoms with van der Waals surface area (Å²) in [7, 11) is -3.43. The number of hydrogen-bond donors (Lipinski definition) is 1. The highest BCUT2D eigenvalue weighted by Crippen LogP contribution is 2.09. The third kappa shape index (κ3) is 4.01. The van der Waals surface area contributed by atoms with Crippen LogP contribution in [0.2, 0.25) is 0 Å². The second kappa shape index (κ2) is 6.47. The average molecular weight is 284 g/mol. The highest BCUT2D eigenvalue weighted by Gasteiger charge is 2.22. The van der Waals surface area contributed by atoms with E-state index < -0.39 is 10.0 Å². The number of sulfonamides is 1. The van der Waals surface area contributed by atoms with Crippen LogP contribution in [-0.4, -0.2) is 52.2 Å². The highest BCUT2D eigenvalue weighted by molar-refractivity contribution is 7.89. The molecular formula is C13H20N2O3S. The van der Waals surface area contributed by atoms with Crippen molar-refractivity contribution in [3.63, 3.8) is 0 Å². The maximum atomic E-state index is 12.0. The fourth-order valence-electron chi connectivity index (χ4n) is 2.08. The van der Waals surface area contributed by atoms with E-state index in [-0.39, 0.29) is 11.0 Å². The molecular weight excluding hydrogens is 264 g/mol. The summed E-state index contributed by atoms with van der Waals surface area (Å²) in [5.74, 6) is 0. The summed E-state index contributed by atoms with van der Waals surface area (Å²) in [6.45, 7) is 5.72. The van der Waals surface area contributed by atoms with Gasteiger partial charge in [0.1, 0.15) is 0 Å². The van der Waals surface area contributed by atoms with Crippen LogP contribution >= 0.6 is 0 Å². The normalized spacial score (nSPS) is 21.4. The van der Waals surface area contributed by atoms with E-state index >= 15 is 0 Å². The number of morpholine rings is 1. The smallest absolute Gasteiger partial charge is 0.240 e. The van der Waals surface area contributed by atoms with Gasteiger partial charge in [0, 0.05) is 19.6 Å². The summed E-state index contributed by atoms with van der Waals surface area (Å²) in [6, 6.07) is 8.39. The van der Waals surface area contributed by atoms with Gasteiger partial charge in [-0.05, 0) is 18.7 Å². The summed E-state index contributed by atoms with van der Waals surface area (Å²) >= 11 is 0. The van der Waals surface area contributed by atoms with Crippen LogP contribution in [0.25, 0.3) is 0 Å². The first-order chi connectivity index (χ1) is 9.12. The van der Waals surface area contributed by atoms with Crippen LogP contribution in [0.1, 0.15) is 6.92 Å². The molecule has 1 saturated heterocycles. The summed E-state index contributed by atoms with van der Waals surface area (Å²) in [5.41, 5.74) is 0. The van der Waals surface area contributed by atoms with E-state index in [2.05, 4.69) is 16.5 Å². The third-order valence-electron chi connectivity index (χ3n) is 3.22. The Hall–Kier alpha value is -0.950. The van der Waals surface area contributed by atoms with Crippen molar-refractivity contribution in [2.75, 3.05) is 32.8 Å². The number of nitrogens with one attached hydrogen (secondary N) is 1. The molecule has 1 aromatic carbocycles. The Morgan fingerprint density at radius 2 is 2.11 bits per heavy atom. The van der Waals surface area contributed by atoms with Crippen LogP contribution in [0.15, 0.2) is 35.2 Å². The van der Waals surface area contributed by atoms with Gasteiger partial charge in [0.15, 0.2) is 0 Å². The molecule has 2 rings (SSSR count). The summed E-state index contributed by atoms with van der Waals surface area (Å²) in [6.07, 6.45) is -0.0767. The maximum Gasteiger partial charge on any atom is 0.240 e. The van der Waals surface area contributed by atoms with Crippen molar-refractivity contribution in [3.8, 4) is 0 Å². The van der Waals surface area contributed by atoms with E-state index in [1.807, 2.05) is 0 Å². The van der Waals surface area contributed by atoms with Gasteiger partial charge in [-0.15, -0.1) is 0 Å². The highest BCUT2D eigenvalue weighted by atomic mass is 32.2. The van der Waals surface area contributed by atoms with Gasteiger partial charge >= 0.3 is 0 Å². The van der Waals surface area contributed by atoms with Crippen molar-refractivity contribution >= 4 is 10.0 Å². The molecule has 6 heteroatoms. The molecule has 0 bridgehead atoms. The Morgan fingerprint density at radius 1 is 1.37 bits per heavy atom. The quantitative estimate of drug-likeness (QED) is 0.864. The van der Waals surface area contributed by atoms with Crippen LogP contribution in [0.4, 0.5) is 0 Å². The molecule has 5 nitrogen and oxygen atoms in total. The predicted octanol–water partition coefficient (Wildman–Crippen LogP) is 0.686. The zero-order chi connectivity index (χ0) is 13.7. The van der Waals surface area contributed by atoms with Gasteiger partial charge in [-0.2, -0.15) is 0 Å². The third-order valence-corrected chi connectivity index (χ3v) is 4.66. The molecule has 0 aliphatic carbocycles. The monoisotopic (exact) mass is 284 g/mol. The molecule has 1 aromatic rings. The van der Waals surface area contributed by atoms with Crippen LogP contribution in [0.3, 0.4) is 0 Å². The first kappa shape index (κ1) is 14.5. The lowest BCUT2D eigenvalue weighted by Crippen LogP contribution is -2.47. The Kier molecular flexibility index (Phi) is 4.93. The summed E-state index contributed by atoms with van der Waals surface area (Å²) in [5, 5.41) is 0. The van der Waals surface area contributed by atoms with Gasteiger partial charge in [0.05, 0.1) is 17.6 Å². The Labute approximate surface area is 114 Å². The number of rotatable bonds is 5. The van der Waals surface area contributed by atoms with E-state index in [1.165, 1.54) is 0 Å². The Balaban J connectivity index is 1.91. The minimum absolute atomic E-state index is 0.0767. The zero-order valence-corrected chi connectivity index (χ0v) is 11.9. The number of benzene rings is 1. The van der Waals surface area contributed by atoms with E-state index in [9.17, 15) is 8.42 Å². The van der Waals surface area contributed by atoms with E-state index in [1.54, 1.807) is 30.3 Å². The maximum absolute atomic E-state index is 12.0. The second-order valence-electron chi connectivity index (χ2n) is 4.55. The molecule has 0 spiro atoms. The topological polar surface area (TPSA) is 58.6 Å². The number of likely N-dealkylation sites (N-methyl/N-ethyl adjacent to an activating group) is 1. The molecule has 1 N–H and O–H groups in total. The number of nitrogens with zero attached hydrogens (tertiary/aromatic N) is 1. The van der Waals surface area contributed by atoms with Crippen LogP contribution in [0.5, 0.6) is 0 Å². The molecule has 1 heterocycles. The molecule has 1 aliphatic rings. The summed E-state index contributed by atoms with van der Waals surface area (Å²) < 4.78 is 32.3. The van der Waals surface area contributed by atoms with Crippen molar-refractivity contribution in [2.24, 2.45) is 0 Å². The SMILES string of the molecule is CCN1CCOC(CNS(=O)(=O)c2ccccc2)C1. The molecule has 1 fully saturated rings. The van der Waals surface area contributed by atoms with Crippen molar-refractivity contribution < 1.29 is 13.2 Å². The number of ether oxygens (including phenoxy) is 1. The molecule has 0 aromatic heterocycles. The molecule has 1 atom stereocenters. The second-order valence-corrected chi connectivity index (χ2v) is 6.32. The van der Waals surface area contributed by atoms with Crippen LogP contribution in [0, 0.1) is 0 Å². The van der Waals surface area contributed by atoms with E-state index in [4.69, 9.17) is 4.74 Å². The summed E-state index contributed by atoms with van der Waals surface area (Å²) in [4.78, 5) is 2.54. The molecule has 0 saturated carbocycles. The van der Waals surface area contributed by atoms with Crippen molar-refractivity contribution in [2.45, 2.75) is 17.9 Å². The van der Waals surface area contributed by atoms with E-state index in [0.717, 1.165) is 19.6 Å². The fourth-order valence-corrected chi connectivity index (χ4v) is 3.16. The molecule has 0 amide bonds. The van der Waals surface area contributed by atoms with Gasteiger partial charge in [-0.25, -0.2) is 13.1 Å². The molecule has 19 heavy (non-hydrogen) atoms. The fraction of sp³-hybridized carbons (Fsp3) is 0.538. The number of hydrogen-bond acceptors (Lipinski definition) is 4. The molecule has 106 valence electrons. The largest absolute Gasteiger partial charge is 0.374 e. The first-order valence-corrected chi connectivity index (χ1v) is 7.99. The molecule has 0 radical (unpaired) electrons. The van der Waals surface area contributed by atoms with Gasteiger partial charge in [-0.3, -0.25) is 4.90 Å². The predicted molar refractivity (Wildman–Crippen MR) is 73.5 cm³/mol.